The summed E-state index contributed by atoms with van der Waals surface area (Å²) in [4.78, 5) is 0. The van der Waals surface area contributed by atoms with Crippen LogP contribution in [0.5, 0.6) is 0 Å². The molecule has 0 fully saturated rings. The van der Waals surface area contributed by atoms with Crippen LogP contribution in [-0.2, 0) is 5.33 Å². The molecule has 0 saturated carbocycles. The van der Waals surface area contributed by atoms with Crippen molar-refractivity contribution in [1.29, 1.82) is 0 Å². The molecule has 1 aromatic rings. The van der Waals surface area contributed by atoms with E-state index < -0.39 is 0 Å². The van der Waals surface area contributed by atoms with Gasteiger partial charge in [0.05, 0.1) is 0 Å². The number of rotatable bonds is 1. The Balaban J connectivity index is 3.09. The van der Waals surface area contributed by atoms with Crippen molar-refractivity contribution in [2.24, 2.45) is 0 Å². The van der Waals surface area contributed by atoms with Gasteiger partial charge in [0.1, 0.15) is 0 Å². The molecule has 0 aliphatic rings. The van der Waals surface area contributed by atoms with Gasteiger partial charge in [-0.05, 0) is 30.2 Å². The number of hydrogen-bond donors (Lipinski definition) is 0. The summed E-state index contributed by atoms with van der Waals surface area (Å²) in [5, 5.41) is 0.929. The summed E-state index contributed by atoms with van der Waals surface area (Å²) < 4.78 is 1.15. The van der Waals surface area contributed by atoms with E-state index in [0.29, 0.717) is 0 Å². The van der Waals surface area contributed by atoms with Crippen LogP contribution in [0.1, 0.15) is 11.1 Å². The van der Waals surface area contributed by atoms with E-state index in [0.717, 1.165) is 9.80 Å². The molecule has 0 aromatic heterocycles. The highest BCUT2D eigenvalue weighted by atomic mass is 79.9. The van der Waals surface area contributed by atoms with Crippen LogP contribution in [0.4, 0.5) is 0 Å². The minimum Gasteiger partial charge on any atom is -0.0876 e. The van der Waals surface area contributed by atoms with E-state index in [4.69, 9.17) is 0 Å². The summed E-state index contributed by atoms with van der Waals surface area (Å²) in [5.41, 5.74) is 2.68. The molecular formula is C8H8Br2. The summed E-state index contributed by atoms with van der Waals surface area (Å²) in [6.45, 7) is 2.11. The number of aryl methyl sites for hydroxylation is 1. The molecule has 0 spiro atoms. The van der Waals surface area contributed by atoms with E-state index in [9.17, 15) is 0 Å². The number of hydrogen-bond acceptors (Lipinski definition) is 0. The van der Waals surface area contributed by atoms with Crippen molar-refractivity contribution in [2.45, 2.75) is 12.3 Å². The van der Waals surface area contributed by atoms with Gasteiger partial charge in [0.2, 0.25) is 0 Å². The molecule has 0 N–H and O–H groups in total. The molecule has 0 heterocycles. The van der Waals surface area contributed by atoms with E-state index in [1.54, 1.807) is 0 Å². The smallest absolute Gasteiger partial charge is 0.0286 e. The Kier molecular flexibility index (Phi) is 2.93. The van der Waals surface area contributed by atoms with Gasteiger partial charge in [-0.15, -0.1) is 0 Å². The monoisotopic (exact) mass is 262 g/mol. The Bertz CT molecular complexity index is 231. The molecule has 0 radical (unpaired) electrons. The molecule has 1 aromatic carbocycles. The van der Waals surface area contributed by atoms with E-state index >= 15 is 0 Å². The van der Waals surface area contributed by atoms with Crippen molar-refractivity contribution in [3.05, 3.63) is 33.8 Å². The summed E-state index contributed by atoms with van der Waals surface area (Å²) in [7, 11) is 0. The molecule has 0 aliphatic heterocycles. The maximum atomic E-state index is 3.42. The van der Waals surface area contributed by atoms with Crippen LogP contribution in [0.3, 0.4) is 0 Å². The van der Waals surface area contributed by atoms with Crippen LogP contribution in [0.25, 0.3) is 0 Å². The second-order valence-corrected chi connectivity index (χ2v) is 3.68. The van der Waals surface area contributed by atoms with Crippen molar-refractivity contribution < 1.29 is 0 Å². The lowest BCUT2D eigenvalue weighted by molar-refractivity contribution is 1.31. The normalized spacial score (nSPS) is 9.90. The van der Waals surface area contributed by atoms with Crippen LogP contribution in [0.2, 0.25) is 0 Å². The highest BCUT2D eigenvalue weighted by Crippen LogP contribution is 2.17. The predicted octanol–water partition coefficient (Wildman–Crippen LogP) is 3.65. The van der Waals surface area contributed by atoms with Gasteiger partial charge in [0, 0.05) is 9.80 Å². The molecule has 54 valence electrons. The van der Waals surface area contributed by atoms with Gasteiger partial charge in [-0.2, -0.15) is 0 Å². The summed E-state index contributed by atoms with van der Waals surface area (Å²) in [6, 6.07) is 6.30. The molecule has 0 unspecified atom stereocenters. The lowest BCUT2D eigenvalue weighted by Crippen LogP contribution is -1.82. The van der Waals surface area contributed by atoms with Crippen molar-refractivity contribution in [1.82, 2.24) is 0 Å². The van der Waals surface area contributed by atoms with E-state index in [2.05, 4.69) is 57.0 Å². The van der Waals surface area contributed by atoms with Crippen LogP contribution >= 0.6 is 31.9 Å². The lowest BCUT2D eigenvalue weighted by Gasteiger charge is -2.00. The Hall–Kier alpha value is 0.180. The molecule has 10 heavy (non-hydrogen) atoms. The predicted molar refractivity (Wildman–Crippen MR) is 51.5 cm³/mol. The third kappa shape index (κ3) is 1.83. The van der Waals surface area contributed by atoms with Gasteiger partial charge in [-0.3, -0.25) is 0 Å². The zero-order valence-electron chi connectivity index (χ0n) is 5.70. The van der Waals surface area contributed by atoms with Gasteiger partial charge in [0.25, 0.3) is 0 Å². The second-order valence-electron chi connectivity index (χ2n) is 2.20. The molecule has 0 atom stereocenters. The molecular weight excluding hydrogens is 256 g/mol. The average molecular weight is 264 g/mol. The summed E-state index contributed by atoms with van der Waals surface area (Å²) in [5.74, 6) is 0. The van der Waals surface area contributed by atoms with Gasteiger partial charge in [-0.25, -0.2) is 0 Å². The minimum atomic E-state index is 0.929. The largest absolute Gasteiger partial charge is 0.0876 e. The first-order valence-corrected chi connectivity index (χ1v) is 4.96. The highest BCUT2D eigenvalue weighted by Gasteiger charge is 1.95. The maximum Gasteiger partial charge on any atom is 0.0286 e. The molecule has 0 amide bonds. The van der Waals surface area contributed by atoms with Crippen LogP contribution in [0, 0.1) is 6.92 Å². The van der Waals surface area contributed by atoms with Gasteiger partial charge in [-0.1, -0.05) is 37.9 Å². The number of halogens is 2. The zero-order valence-corrected chi connectivity index (χ0v) is 8.87. The first-order valence-electron chi connectivity index (χ1n) is 3.05. The Morgan fingerprint density at radius 2 is 2.10 bits per heavy atom. The number of alkyl halides is 1. The fourth-order valence-corrected chi connectivity index (χ4v) is 1.80. The quantitative estimate of drug-likeness (QED) is 0.679. The Morgan fingerprint density at radius 1 is 1.40 bits per heavy atom. The van der Waals surface area contributed by atoms with Crippen molar-refractivity contribution >= 4 is 31.9 Å². The zero-order chi connectivity index (χ0) is 7.56. The topological polar surface area (TPSA) is 0 Å². The lowest BCUT2D eigenvalue weighted by atomic mass is 10.1. The van der Waals surface area contributed by atoms with Crippen molar-refractivity contribution in [3.63, 3.8) is 0 Å². The minimum absolute atomic E-state index is 0.929. The number of benzene rings is 1. The summed E-state index contributed by atoms with van der Waals surface area (Å²) in [6.07, 6.45) is 0. The van der Waals surface area contributed by atoms with E-state index in [1.165, 1.54) is 11.1 Å². The van der Waals surface area contributed by atoms with E-state index in [1.807, 2.05) is 0 Å². The van der Waals surface area contributed by atoms with Crippen LogP contribution in [-0.4, -0.2) is 0 Å². The van der Waals surface area contributed by atoms with Crippen LogP contribution < -0.4 is 0 Å². The molecule has 0 bridgehead atoms. The molecule has 0 saturated heterocycles. The second kappa shape index (κ2) is 3.54. The third-order valence-electron chi connectivity index (χ3n) is 1.46. The average Bonchev–Trinajstić information content (AvgIpc) is 1.94. The molecule has 1 rings (SSSR count). The SMILES string of the molecule is Cc1ccc(Br)cc1CBr. The van der Waals surface area contributed by atoms with Crippen molar-refractivity contribution in [2.75, 3.05) is 0 Å². The molecule has 0 aliphatic carbocycles. The third-order valence-corrected chi connectivity index (χ3v) is 2.55. The summed E-state index contributed by atoms with van der Waals surface area (Å²) >= 11 is 6.84. The first kappa shape index (κ1) is 8.28. The highest BCUT2D eigenvalue weighted by molar-refractivity contribution is 9.10. The molecule has 2 heteroatoms. The van der Waals surface area contributed by atoms with E-state index in [-0.39, 0.29) is 0 Å². The Morgan fingerprint density at radius 3 is 2.60 bits per heavy atom. The fourth-order valence-electron chi connectivity index (χ4n) is 0.784. The maximum absolute atomic E-state index is 3.42. The van der Waals surface area contributed by atoms with Crippen LogP contribution in [0.15, 0.2) is 22.7 Å². The first-order chi connectivity index (χ1) is 4.74. The van der Waals surface area contributed by atoms with Gasteiger partial charge >= 0.3 is 0 Å². The van der Waals surface area contributed by atoms with Crippen molar-refractivity contribution in [3.8, 4) is 0 Å². The van der Waals surface area contributed by atoms with Gasteiger partial charge in [0.15, 0.2) is 0 Å². The molecule has 0 nitrogen and oxygen atoms in total. The standard InChI is InChI=1S/C8H8Br2/c1-6-2-3-8(10)4-7(6)5-9/h2-4H,5H2,1H3. The van der Waals surface area contributed by atoms with Gasteiger partial charge < -0.3 is 0 Å². The Labute approximate surface area is 77.9 Å². The fraction of sp³-hybridized carbons (Fsp3) is 0.250.